The zero-order valence-electron chi connectivity index (χ0n) is 14.9. The number of hydrogen-bond acceptors (Lipinski definition) is 4. The molecule has 2 N–H and O–H groups in total. The number of carboxylic acid groups (broad SMARTS) is 1. The van der Waals surface area contributed by atoms with Crippen molar-refractivity contribution in [2.45, 2.75) is 6.92 Å². The number of rotatable bonds is 5. The Bertz CT molecular complexity index is 1170. The topological polar surface area (TPSA) is 88.1 Å². The fourth-order valence-electron chi connectivity index (χ4n) is 3.09. The Hall–Kier alpha value is -3.74. The van der Waals surface area contributed by atoms with Crippen molar-refractivity contribution >= 4 is 17.0 Å². The smallest absolute Gasteiger partial charge is 0.336 e. The van der Waals surface area contributed by atoms with E-state index >= 15 is 0 Å². The van der Waals surface area contributed by atoms with Gasteiger partial charge in [0.15, 0.2) is 5.65 Å². The Morgan fingerprint density at radius 3 is 2.61 bits per heavy atom. The lowest BCUT2D eigenvalue weighted by atomic mass is 10.0. The molecule has 6 nitrogen and oxygen atoms in total. The average Bonchev–Trinajstić information content (AvgIpc) is 3.12. The number of fused-ring (bicyclic) bond motifs is 1. The molecule has 4 rings (SSSR count). The molecule has 28 heavy (non-hydrogen) atoms. The zero-order valence-corrected chi connectivity index (χ0v) is 14.9. The van der Waals surface area contributed by atoms with Crippen LogP contribution in [0.25, 0.3) is 33.5 Å². The summed E-state index contributed by atoms with van der Waals surface area (Å²) < 4.78 is 19.6. The summed E-state index contributed by atoms with van der Waals surface area (Å²) in [5.41, 5.74) is 1.92. The molecule has 0 amide bonds. The van der Waals surface area contributed by atoms with E-state index in [-0.39, 0.29) is 22.5 Å². The Labute approximate surface area is 159 Å². The molecule has 0 spiro atoms. The van der Waals surface area contributed by atoms with Crippen molar-refractivity contribution in [3.8, 4) is 28.3 Å². The number of hydrogen-bond donors (Lipinski definition) is 2. The minimum atomic E-state index is -1.14. The van der Waals surface area contributed by atoms with Crippen molar-refractivity contribution in [3.63, 3.8) is 0 Å². The zero-order chi connectivity index (χ0) is 19.7. The molecule has 0 atom stereocenters. The summed E-state index contributed by atoms with van der Waals surface area (Å²) in [4.78, 5) is 16.3. The van der Waals surface area contributed by atoms with E-state index in [9.17, 15) is 14.3 Å². The summed E-state index contributed by atoms with van der Waals surface area (Å²) in [5, 5.41) is 17.1. The van der Waals surface area contributed by atoms with Crippen molar-refractivity contribution in [1.82, 2.24) is 15.2 Å². The number of aromatic amines is 1. The fourth-order valence-corrected chi connectivity index (χ4v) is 3.09. The van der Waals surface area contributed by atoms with Crippen LogP contribution in [-0.4, -0.2) is 32.9 Å². The maximum absolute atomic E-state index is 14.2. The summed E-state index contributed by atoms with van der Waals surface area (Å²) in [6.07, 6.45) is 0. The molecule has 2 aromatic heterocycles. The Balaban J connectivity index is 1.89. The SMILES string of the molecule is CCOc1ccc(-c2[nH]nc3nc(-c4ccccc4F)cc(C(=O)O)c23)cc1. The Kier molecular flexibility index (Phi) is 4.49. The minimum Gasteiger partial charge on any atom is -0.494 e. The molecule has 0 aliphatic heterocycles. The largest absolute Gasteiger partial charge is 0.494 e. The fraction of sp³-hybridized carbons (Fsp3) is 0.0952. The van der Waals surface area contributed by atoms with Crippen LogP contribution in [0.3, 0.4) is 0 Å². The number of carbonyl (C=O) groups is 1. The number of ether oxygens (including phenoxy) is 1. The van der Waals surface area contributed by atoms with E-state index in [0.29, 0.717) is 23.4 Å². The molecular formula is C21H16FN3O3. The number of nitrogens with zero attached hydrogens (tertiary/aromatic N) is 2. The summed E-state index contributed by atoms with van der Waals surface area (Å²) in [5.74, 6) is -0.903. The first kappa shape index (κ1) is 17.7. The molecule has 0 bridgehead atoms. The third-order valence-corrected chi connectivity index (χ3v) is 4.36. The van der Waals surface area contributed by atoms with Crippen LogP contribution in [0.4, 0.5) is 4.39 Å². The van der Waals surface area contributed by atoms with E-state index < -0.39 is 11.8 Å². The number of carboxylic acids is 1. The normalized spacial score (nSPS) is 10.9. The van der Waals surface area contributed by atoms with Gasteiger partial charge in [-0.25, -0.2) is 14.2 Å². The molecule has 4 aromatic rings. The van der Waals surface area contributed by atoms with Gasteiger partial charge < -0.3 is 9.84 Å². The Morgan fingerprint density at radius 1 is 1.18 bits per heavy atom. The second-order valence-corrected chi connectivity index (χ2v) is 6.09. The third kappa shape index (κ3) is 3.07. The van der Waals surface area contributed by atoms with Gasteiger partial charge in [-0.15, -0.1) is 0 Å². The number of halogens is 1. The highest BCUT2D eigenvalue weighted by Gasteiger charge is 2.20. The average molecular weight is 377 g/mol. The van der Waals surface area contributed by atoms with Crippen LogP contribution in [0.5, 0.6) is 5.75 Å². The summed E-state index contributed by atoms with van der Waals surface area (Å²) >= 11 is 0. The first-order chi connectivity index (χ1) is 13.6. The first-order valence-corrected chi connectivity index (χ1v) is 8.69. The van der Waals surface area contributed by atoms with Gasteiger partial charge in [0.25, 0.3) is 0 Å². The van der Waals surface area contributed by atoms with Gasteiger partial charge in [-0.1, -0.05) is 12.1 Å². The number of benzene rings is 2. The summed E-state index contributed by atoms with van der Waals surface area (Å²) in [7, 11) is 0. The van der Waals surface area contributed by atoms with Crippen molar-refractivity contribution < 1.29 is 19.0 Å². The van der Waals surface area contributed by atoms with Crippen molar-refractivity contribution in [2.24, 2.45) is 0 Å². The lowest BCUT2D eigenvalue weighted by Crippen LogP contribution is -2.01. The monoisotopic (exact) mass is 377 g/mol. The number of nitrogens with one attached hydrogen (secondary N) is 1. The molecule has 0 aliphatic rings. The van der Waals surface area contributed by atoms with E-state index in [4.69, 9.17) is 4.74 Å². The number of pyridine rings is 1. The molecule has 2 aromatic carbocycles. The highest BCUT2D eigenvalue weighted by atomic mass is 19.1. The van der Waals surface area contributed by atoms with Gasteiger partial charge >= 0.3 is 5.97 Å². The predicted octanol–water partition coefficient (Wildman–Crippen LogP) is 4.53. The third-order valence-electron chi connectivity index (χ3n) is 4.36. The number of aromatic carboxylic acids is 1. The predicted molar refractivity (Wildman–Crippen MR) is 103 cm³/mol. The van der Waals surface area contributed by atoms with E-state index in [1.165, 1.54) is 12.1 Å². The van der Waals surface area contributed by atoms with Gasteiger partial charge in [0.2, 0.25) is 0 Å². The molecule has 0 saturated carbocycles. The molecule has 2 heterocycles. The van der Waals surface area contributed by atoms with Crippen molar-refractivity contribution in [2.75, 3.05) is 6.61 Å². The number of aromatic nitrogens is 3. The van der Waals surface area contributed by atoms with Gasteiger partial charge in [-0.2, -0.15) is 5.10 Å². The minimum absolute atomic E-state index is 0.000822. The molecule has 0 radical (unpaired) electrons. The quantitative estimate of drug-likeness (QED) is 0.534. The van der Waals surface area contributed by atoms with Crippen LogP contribution in [0.2, 0.25) is 0 Å². The molecular weight excluding hydrogens is 361 g/mol. The highest BCUT2D eigenvalue weighted by Crippen LogP contribution is 2.32. The standard InChI is InChI=1S/C21H16FN3O3/c1-2-28-13-9-7-12(8-10-13)19-18-15(21(26)27)11-17(23-20(18)25-24-19)14-5-3-4-6-16(14)22/h3-11H,2H2,1H3,(H,26,27)(H,23,24,25). The van der Waals surface area contributed by atoms with E-state index in [1.54, 1.807) is 30.3 Å². The van der Waals surface area contributed by atoms with Crippen LogP contribution >= 0.6 is 0 Å². The van der Waals surface area contributed by atoms with Gasteiger partial charge in [0, 0.05) is 11.1 Å². The first-order valence-electron chi connectivity index (χ1n) is 8.69. The lowest BCUT2D eigenvalue weighted by Gasteiger charge is -2.07. The van der Waals surface area contributed by atoms with Crippen LogP contribution in [-0.2, 0) is 0 Å². The van der Waals surface area contributed by atoms with E-state index in [0.717, 1.165) is 5.56 Å². The lowest BCUT2D eigenvalue weighted by molar-refractivity contribution is 0.0699. The molecule has 0 aliphatic carbocycles. The van der Waals surface area contributed by atoms with E-state index in [2.05, 4.69) is 15.2 Å². The van der Waals surface area contributed by atoms with Crippen molar-refractivity contribution in [3.05, 3.63) is 66.0 Å². The van der Waals surface area contributed by atoms with Gasteiger partial charge in [0.1, 0.15) is 11.6 Å². The molecule has 7 heteroatoms. The summed E-state index contributed by atoms with van der Waals surface area (Å²) in [6, 6.07) is 14.7. The molecule has 140 valence electrons. The maximum Gasteiger partial charge on any atom is 0.336 e. The van der Waals surface area contributed by atoms with Gasteiger partial charge in [-0.05, 0) is 49.4 Å². The van der Waals surface area contributed by atoms with Crippen LogP contribution in [0.15, 0.2) is 54.6 Å². The van der Waals surface area contributed by atoms with Crippen LogP contribution in [0, 0.1) is 5.82 Å². The van der Waals surface area contributed by atoms with Crippen LogP contribution < -0.4 is 4.74 Å². The Morgan fingerprint density at radius 2 is 1.93 bits per heavy atom. The highest BCUT2D eigenvalue weighted by molar-refractivity contribution is 6.08. The van der Waals surface area contributed by atoms with Gasteiger partial charge in [-0.3, -0.25) is 5.10 Å². The van der Waals surface area contributed by atoms with Gasteiger partial charge in [0.05, 0.1) is 28.9 Å². The second kappa shape index (κ2) is 7.11. The molecule has 0 fully saturated rings. The maximum atomic E-state index is 14.2. The van der Waals surface area contributed by atoms with E-state index in [1.807, 2.05) is 19.1 Å². The summed E-state index contributed by atoms with van der Waals surface area (Å²) in [6.45, 7) is 2.45. The van der Waals surface area contributed by atoms with Crippen LogP contribution in [0.1, 0.15) is 17.3 Å². The second-order valence-electron chi connectivity index (χ2n) is 6.09. The number of H-pyrrole nitrogens is 1. The molecule has 0 unspecified atom stereocenters. The van der Waals surface area contributed by atoms with Crippen molar-refractivity contribution in [1.29, 1.82) is 0 Å². The molecule has 0 saturated heterocycles.